The maximum absolute atomic E-state index is 10.2. The number of thiophene rings is 1. The van der Waals surface area contributed by atoms with Gasteiger partial charge in [0.1, 0.15) is 36.1 Å². The summed E-state index contributed by atoms with van der Waals surface area (Å²) in [5.74, 6) is 0.721. The highest BCUT2D eigenvalue weighted by Gasteiger charge is 2.43. The molecule has 0 saturated heterocycles. The molecular weight excluding hydrogens is 696 g/mol. The number of hydrogen-bond acceptors (Lipinski definition) is 8. The third kappa shape index (κ3) is 9.31. The highest BCUT2D eigenvalue weighted by atomic mass is 79.9. The van der Waals surface area contributed by atoms with Gasteiger partial charge in [0, 0.05) is 51.1 Å². The Hall–Kier alpha value is -4.59. The number of ether oxygens (including phenoxy) is 2. The number of rotatable bonds is 16. The third-order valence-corrected chi connectivity index (χ3v) is 9.99. The Morgan fingerprint density at radius 1 is 0.959 bits per heavy atom. The molecule has 2 heterocycles. The zero-order valence-electron chi connectivity index (χ0n) is 28.2. The molecule has 1 aliphatic heterocycles. The molecule has 0 amide bonds. The molecule has 9 heteroatoms. The number of nitriles is 3. The van der Waals surface area contributed by atoms with Crippen LogP contribution >= 0.6 is 27.3 Å². The molecule has 0 bridgehead atoms. The van der Waals surface area contributed by atoms with Gasteiger partial charge in [-0.05, 0) is 67.8 Å². The van der Waals surface area contributed by atoms with Crippen LogP contribution < -0.4 is 9.64 Å². The van der Waals surface area contributed by atoms with Crippen LogP contribution in [0.5, 0.6) is 5.75 Å². The second-order valence-corrected chi connectivity index (χ2v) is 13.6. The summed E-state index contributed by atoms with van der Waals surface area (Å²) < 4.78 is 12.4. The number of halogens is 1. The summed E-state index contributed by atoms with van der Waals surface area (Å²) in [4.78, 5) is 4.38. The Balaban J connectivity index is 1.64. The fraction of sp³-hybridized carbons (Fsp3) is 0.325. The smallest absolute Gasteiger partial charge is 0.172 e. The van der Waals surface area contributed by atoms with E-state index >= 15 is 0 Å². The number of benzene rings is 2. The number of alkyl halides is 1. The van der Waals surface area contributed by atoms with Crippen LogP contribution in [0.3, 0.4) is 0 Å². The summed E-state index contributed by atoms with van der Waals surface area (Å²) in [6.45, 7) is 8.40. The lowest BCUT2D eigenvalue weighted by atomic mass is 9.86. The zero-order chi connectivity index (χ0) is 35.2. The van der Waals surface area contributed by atoms with Crippen molar-refractivity contribution in [2.45, 2.75) is 58.2 Å². The van der Waals surface area contributed by atoms with Crippen molar-refractivity contribution in [1.82, 2.24) is 0 Å². The minimum absolute atomic E-state index is 0.000141. The van der Waals surface area contributed by atoms with Gasteiger partial charge in [-0.1, -0.05) is 79.0 Å². The Labute approximate surface area is 302 Å². The number of allylic oxidation sites excluding steroid dienone is 2. The first-order valence-corrected chi connectivity index (χ1v) is 18.4. The number of anilines is 1. The van der Waals surface area contributed by atoms with Crippen molar-refractivity contribution < 1.29 is 14.6 Å². The number of aliphatic hydroxyl groups is 1. The fourth-order valence-electron chi connectivity index (χ4n) is 5.46. The molecule has 0 saturated carbocycles. The van der Waals surface area contributed by atoms with E-state index in [0.29, 0.717) is 10.9 Å². The van der Waals surface area contributed by atoms with E-state index in [9.17, 15) is 20.9 Å². The third-order valence-electron chi connectivity index (χ3n) is 8.23. The van der Waals surface area contributed by atoms with Gasteiger partial charge < -0.3 is 19.5 Å². The second kappa shape index (κ2) is 18.2. The quantitative estimate of drug-likeness (QED) is 0.115. The van der Waals surface area contributed by atoms with Gasteiger partial charge >= 0.3 is 0 Å². The number of nitrogens with zero attached hydrogens (tertiary/aromatic N) is 4. The van der Waals surface area contributed by atoms with Gasteiger partial charge in [0.2, 0.25) is 0 Å². The van der Waals surface area contributed by atoms with E-state index in [0.717, 1.165) is 71.1 Å². The summed E-state index contributed by atoms with van der Waals surface area (Å²) in [6, 6.07) is 25.7. The number of hydrogen-bond donors (Lipinski definition) is 1. The Bertz CT molecular complexity index is 1820. The van der Waals surface area contributed by atoms with Crippen molar-refractivity contribution in [3.05, 3.63) is 110 Å². The molecule has 0 radical (unpaired) electrons. The molecule has 0 spiro atoms. The van der Waals surface area contributed by atoms with E-state index in [-0.39, 0.29) is 23.5 Å². The van der Waals surface area contributed by atoms with Crippen molar-refractivity contribution in [2.24, 2.45) is 0 Å². The Kier molecular flexibility index (Phi) is 13.9. The second-order valence-electron chi connectivity index (χ2n) is 11.8. The van der Waals surface area contributed by atoms with E-state index in [1.54, 1.807) is 11.3 Å². The molecule has 1 N–H and O–H groups in total. The molecule has 1 aliphatic rings. The van der Waals surface area contributed by atoms with Crippen LogP contribution in [0.2, 0.25) is 0 Å². The molecule has 4 rings (SSSR count). The molecule has 2 atom stereocenters. The van der Waals surface area contributed by atoms with Gasteiger partial charge in [0.25, 0.3) is 0 Å². The first kappa shape index (κ1) is 37.2. The predicted molar refractivity (Wildman–Crippen MR) is 202 cm³/mol. The van der Waals surface area contributed by atoms with Crippen LogP contribution in [0.1, 0.15) is 67.3 Å². The minimum atomic E-state index is -1.06. The summed E-state index contributed by atoms with van der Waals surface area (Å²) in [6.07, 6.45) is 11.7. The first-order chi connectivity index (χ1) is 23.8. The standard InChI is InChI=1S/C40H41BrN4O3S/c1-4-6-21-45(22-7-5-2)32-15-13-29(38(23-32)47-28-33(46)24-41)14-16-34-17-18-35(49-34)19-20-37-36(27-44)39(30(25-42)26-43)48-40(37,3)31-11-9-8-10-12-31/h8-20,23,33,46H,4-7,21-22,24,28H2,1-3H3/b16-14+,20-19+. The van der Waals surface area contributed by atoms with Crippen LogP contribution in [-0.4, -0.2) is 36.2 Å². The highest BCUT2D eigenvalue weighted by molar-refractivity contribution is 9.09. The molecule has 1 aromatic heterocycles. The largest absolute Gasteiger partial charge is 0.490 e. The summed E-state index contributed by atoms with van der Waals surface area (Å²) in [7, 11) is 0. The van der Waals surface area contributed by atoms with Crippen LogP contribution in [0.25, 0.3) is 18.2 Å². The van der Waals surface area contributed by atoms with E-state index < -0.39 is 11.7 Å². The highest BCUT2D eigenvalue weighted by Crippen LogP contribution is 2.47. The van der Waals surface area contributed by atoms with Crippen molar-refractivity contribution >= 4 is 51.2 Å². The van der Waals surface area contributed by atoms with Gasteiger partial charge in [-0.25, -0.2) is 0 Å². The van der Waals surface area contributed by atoms with E-state index in [1.165, 1.54) is 0 Å². The molecular formula is C40H41BrN4O3S. The monoisotopic (exact) mass is 736 g/mol. The molecule has 2 unspecified atom stereocenters. The average Bonchev–Trinajstić information content (AvgIpc) is 3.71. The van der Waals surface area contributed by atoms with E-state index in [2.05, 4.69) is 58.9 Å². The Morgan fingerprint density at radius 3 is 2.20 bits per heavy atom. The lowest BCUT2D eigenvalue weighted by Gasteiger charge is -2.27. The summed E-state index contributed by atoms with van der Waals surface area (Å²) >= 11 is 4.91. The first-order valence-electron chi connectivity index (χ1n) is 16.5. The van der Waals surface area contributed by atoms with Gasteiger partial charge in [-0.3, -0.25) is 0 Å². The van der Waals surface area contributed by atoms with Gasteiger partial charge in [-0.15, -0.1) is 11.3 Å². The fourth-order valence-corrected chi connectivity index (χ4v) is 6.47. The number of unbranched alkanes of at least 4 members (excludes halogenated alkanes) is 2. The molecule has 2 aromatic carbocycles. The Morgan fingerprint density at radius 2 is 1.61 bits per heavy atom. The van der Waals surface area contributed by atoms with E-state index in [4.69, 9.17) is 9.47 Å². The SMILES string of the molecule is CCCCN(CCCC)c1ccc(/C=C/c2ccc(/C=C/C3=C(C#N)C(=C(C#N)C#N)OC3(C)c3ccccc3)s2)c(OCC(O)CBr)c1. The zero-order valence-corrected chi connectivity index (χ0v) is 30.6. The summed E-state index contributed by atoms with van der Waals surface area (Å²) in [5, 5.41) is 39.9. The predicted octanol–water partition coefficient (Wildman–Crippen LogP) is 9.54. The van der Waals surface area contributed by atoms with E-state index in [1.807, 2.05) is 85.8 Å². The van der Waals surface area contributed by atoms with Crippen LogP contribution in [-0.2, 0) is 10.3 Å². The molecule has 252 valence electrons. The lowest BCUT2D eigenvalue weighted by molar-refractivity contribution is 0.0755. The van der Waals surface area contributed by atoms with Crippen molar-refractivity contribution in [3.8, 4) is 24.0 Å². The summed E-state index contributed by atoms with van der Waals surface area (Å²) in [5.41, 5.74) is 2.27. The topological polar surface area (TPSA) is 113 Å². The molecule has 49 heavy (non-hydrogen) atoms. The van der Waals surface area contributed by atoms with Gasteiger partial charge in [0.15, 0.2) is 16.9 Å². The van der Waals surface area contributed by atoms with Crippen LogP contribution in [0.4, 0.5) is 5.69 Å². The van der Waals surface area contributed by atoms with Crippen molar-refractivity contribution in [3.63, 3.8) is 0 Å². The number of aliphatic hydroxyl groups excluding tert-OH is 1. The molecule has 3 aromatic rings. The normalized spacial score (nSPS) is 16.3. The molecule has 0 fully saturated rings. The van der Waals surface area contributed by atoms with Crippen LogP contribution in [0.15, 0.2) is 89.2 Å². The molecule has 0 aliphatic carbocycles. The van der Waals surface area contributed by atoms with Gasteiger partial charge in [0.05, 0.1) is 6.10 Å². The average molecular weight is 738 g/mol. The maximum atomic E-state index is 10.2. The lowest BCUT2D eigenvalue weighted by Crippen LogP contribution is -2.25. The van der Waals surface area contributed by atoms with Crippen molar-refractivity contribution in [1.29, 1.82) is 15.8 Å². The van der Waals surface area contributed by atoms with Gasteiger partial charge in [-0.2, -0.15) is 15.8 Å². The van der Waals surface area contributed by atoms with Crippen LogP contribution in [0, 0.1) is 34.0 Å². The minimum Gasteiger partial charge on any atom is -0.490 e. The van der Waals surface area contributed by atoms with Crippen molar-refractivity contribution in [2.75, 3.05) is 29.9 Å². The maximum Gasteiger partial charge on any atom is 0.172 e. The molecule has 7 nitrogen and oxygen atoms in total.